The topological polar surface area (TPSA) is 89.9 Å². The average molecular weight is 324 g/mol. The first-order chi connectivity index (χ1) is 11.6. The molecule has 4 rings (SSSR count). The van der Waals surface area contributed by atoms with E-state index in [9.17, 15) is 4.79 Å². The molecule has 4 heterocycles. The third kappa shape index (κ3) is 2.27. The normalized spacial score (nSPS) is 16.9. The Labute approximate surface area is 138 Å². The van der Waals surface area contributed by atoms with Gasteiger partial charge in [0.15, 0.2) is 18.0 Å². The number of rotatable bonds is 2. The van der Waals surface area contributed by atoms with Gasteiger partial charge in [0, 0.05) is 12.7 Å². The molecule has 3 aromatic heterocycles. The van der Waals surface area contributed by atoms with E-state index in [1.54, 1.807) is 18.0 Å². The summed E-state index contributed by atoms with van der Waals surface area (Å²) in [5, 5.41) is 8.52. The van der Waals surface area contributed by atoms with Gasteiger partial charge in [0.25, 0.3) is 5.91 Å². The molecule has 122 valence electrons. The van der Waals surface area contributed by atoms with Gasteiger partial charge in [-0.3, -0.25) is 9.78 Å². The summed E-state index contributed by atoms with van der Waals surface area (Å²) in [6.07, 6.45) is 3.02. The predicted molar refractivity (Wildman–Crippen MR) is 83.9 cm³/mol. The van der Waals surface area contributed by atoms with Crippen LogP contribution in [-0.2, 0) is 6.54 Å². The van der Waals surface area contributed by atoms with Gasteiger partial charge in [-0.15, -0.1) is 10.2 Å². The molecule has 0 radical (unpaired) electrons. The van der Waals surface area contributed by atoms with Gasteiger partial charge in [-0.2, -0.15) is 0 Å². The van der Waals surface area contributed by atoms with Crippen molar-refractivity contribution in [1.29, 1.82) is 0 Å². The van der Waals surface area contributed by atoms with Crippen molar-refractivity contribution in [1.82, 2.24) is 29.6 Å². The number of aromatic nitrogens is 5. The number of carbonyl (C=O) groups is 1. The molecule has 0 aromatic carbocycles. The number of amides is 1. The van der Waals surface area contributed by atoms with Crippen LogP contribution in [0.4, 0.5) is 0 Å². The smallest absolute Gasteiger partial charge is 0.292 e. The molecular formula is C16H16N6O2. The Hall–Kier alpha value is -3.03. The molecule has 0 N–H and O–H groups in total. The van der Waals surface area contributed by atoms with E-state index in [1.807, 2.05) is 29.7 Å². The molecule has 0 unspecified atom stereocenters. The molecule has 1 aliphatic heterocycles. The number of hydrogen-bond acceptors (Lipinski definition) is 6. The summed E-state index contributed by atoms with van der Waals surface area (Å²) < 4.78 is 7.26. The van der Waals surface area contributed by atoms with Gasteiger partial charge in [0.2, 0.25) is 5.76 Å². The number of pyridine rings is 1. The van der Waals surface area contributed by atoms with Crippen LogP contribution < -0.4 is 0 Å². The molecule has 8 heteroatoms. The minimum Gasteiger partial charge on any atom is -0.438 e. The molecule has 3 aromatic rings. The van der Waals surface area contributed by atoms with Gasteiger partial charge in [0.05, 0.1) is 18.3 Å². The second-order valence-corrected chi connectivity index (χ2v) is 5.83. The molecule has 0 spiro atoms. The molecule has 0 saturated carbocycles. The van der Waals surface area contributed by atoms with Crippen molar-refractivity contribution in [3.63, 3.8) is 0 Å². The fourth-order valence-electron chi connectivity index (χ4n) is 3.01. The summed E-state index contributed by atoms with van der Waals surface area (Å²) in [6.45, 7) is 4.71. The minimum absolute atomic E-state index is 0.0351. The molecule has 0 fully saturated rings. The predicted octanol–water partition coefficient (Wildman–Crippen LogP) is 1.85. The van der Waals surface area contributed by atoms with Crippen LogP contribution in [0.1, 0.15) is 35.0 Å². The Bertz CT molecular complexity index is 885. The van der Waals surface area contributed by atoms with Crippen LogP contribution in [0.25, 0.3) is 11.5 Å². The highest BCUT2D eigenvalue weighted by Gasteiger charge is 2.32. The van der Waals surface area contributed by atoms with Crippen molar-refractivity contribution >= 4 is 5.91 Å². The van der Waals surface area contributed by atoms with Gasteiger partial charge in [-0.05, 0) is 26.0 Å². The summed E-state index contributed by atoms with van der Waals surface area (Å²) in [4.78, 5) is 22.7. The summed E-state index contributed by atoms with van der Waals surface area (Å²) in [5.74, 6) is 1.56. The van der Waals surface area contributed by atoms with Crippen LogP contribution in [0.15, 0.2) is 35.2 Å². The van der Waals surface area contributed by atoms with E-state index >= 15 is 0 Å². The van der Waals surface area contributed by atoms with E-state index in [2.05, 4.69) is 20.2 Å². The van der Waals surface area contributed by atoms with Crippen LogP contribution in [-0.4, -0.2) is 42.1 Å². The summed E-state index contributed by atoms with van der Waals surface area (Å²) in [5.41, 5.74) is 1.36. The maximum Gasteiger partial charge on any atom is 0.292 e. The maximum absolute atomic E-state index is 12.6. The first-order valence-electron chi connectivity index (χ1n) is 7.69. The lowest BCUT2D eigenvalue weighted by molar-refractivity contribution is 0.0648. The molecule has 1 aliphatic rings. The number of fused-ring (bicyclic) bond motifs is 1. The Morgan fingerprint density at radius 2 is 2.17 bits per heavy atom. The average Bonchev–Trinajstić information content (AvgIpc) is 3.21. The van der Waals surface area contributed by atoms with Gasteiger partial charge >= 0.3 is 0 Å². The van der Waals surface area contributed by atoms with Crippen LogP contribution in [0, 0.1) is 6.92 Å². The van der Waals surface area contributed by atoms with E-state index in [4.69, 9.17) is 4.42 Å². The van der Waals surface area contributed by atoms with Crippen molar-refractivity contribution in [3.05, 3.63) is 48.1 Å². The van der Waals surface area contributed by atoms with E-state index < -0.39 is 0 Å². The van der Waals surface area contributed by atoms with Gasteiger partial charge in [0.1, 0.15) is 5.69 Å². The number of carbonyl (C=O) groups excluding carboxylic acids is 1. The zero-order chi connectivity index (χ0) is 16.7. The minimum atomic E-state index is -0.175. The highest BCUT2D eigenvalue weighted by Crippen LogP contribution is 2.27. The van der Waals surface area contributed by atoms with Crippen molar-refractivity contribution in [3.8, 4) is 11.5 Å². The fourth-order valence-corrected chi connectivity index (χ4v) is 3.01. The first kappa shape index (κ1) is 14.6. The Morgan fingerprint density at radius 3 is 2.88 bits per heavy atom. The number of hydrogen-bond donors (Lipinski definition) is 0. The highest BCUT2D eigenvalue weighted by atomic mass is 16.3. The van der Waals surface area contributed by atoms with E-state index in [0.717, 1.165) is 17.3 Å². The molecule has 24 heavy (non-hydrogen) atoms. The molecule has 0 saturated heterocycles. The quantitative estimate of drug-likeness (QED) is 0.714. The van der Waals surface area contributed by atoms with Crippen molar-refractivity contribution in [2.75, 3.05) is 6.54 Å². The standard InChI is InChI=1S/C16H16N6O2/c1-10-7-21(16(23)14-11(2)18-9-24-14)8-13-19-20-15(22(10)13)12-5-3-4-6-17-12/h3-6,9-10H,7-8H2,1-2H3/t10-/m0/s1. The highest BCUT2D eigenvalue weighted by molar-refractivity contribution is 5.92. The second kappa shape index (κ2) is 5.55. The lowest BCUT2D eigenvalue weighted by Crippen LogP contribution is -2.40. The third-order valence-electron chi connectivity index (χ3n) is 4.15. The Morgan fingerprint density at radius 1 is 1.29 bits per heavy atom. The maximum atomic E-state index is 12.6. The fraction of sp³-hybridized carbons (Fsp3) is 0.312. The molecule has 1 atom stereocenters. The number of aryl methyl sites for hydroxylation is 1. The number of nitrogens with zero attached hydrogens (tertiary/aromatic N) is 6. The largest absolute Gasteiger partial charge is 0.438 e. The molecule has 1 amide bonds. The SMILES string of the molecule is Cc1ncoc1C(=O)N1Cc2nnc(-c3ccccn3)n2[C@@H](C)C1. The van der Waals surface area contributed by atoms with E-state index in [0.29, 0.717) is 18.8 Å². The monoisotopic (exact) mass is 324 g/mol. The molecular weight excluding hydrogens is 308 g/mol. The van der Waals surface area contributed by atoms with Gasteiger partial charge < -0.3 is 13.9 Å². The lowest BCUT2D eigenvalue weighted by Gasteiger charge is -2.32. The van der Waals surface area contributed by atoms with E-state index in [-0.39, 0.29) is 17.7 Å². The third-order valence-corrected chi connectivity index (χ3v) is 4.15. The Balaban J connectivity index is 1.66. The summed E-state index contributed by atoms with van der Waals surface area (Å²) in [7, 11) is 0. The van der Waals surface area contributed by atoms with Crippen LogP contribution >= 0.6 is 0 Å². The molecule has 8 nitrogen and oxygen atoms in total. The Kier molecular flexibility index (Phi) is 3.37. The number of oxazole rings is 1. The van der Waals surface area contributed by atoms with Crippen LogP contribution in [0.2, 0.25) is 0 Å². The molecule has 0 bridgehead atoms. The van der Waals surface area contributed by atoms with Gasteiger partial charge in [-0.25, -0.2) is 4.98 Å². The van der Waals surface area contributed by atoms with E-state index in [1.165, 1.54) is 6.39 Å². The van der Waals surface area contributed by atoms with Crippen molar-refractivity contribution in [2.45, 2.75) is 26.4 Å². The zero-order valence-electron chi connectivity index (χ0n) is 13.4. The molecule has 0 aliphatic carbocycles. The van der Waals surface area contributed by atoms with Crippen LogP contribution in [0.3, 0.4) is 0 Å². The van der Waals surface area contributed by atoms with Crippen molar-refractivity contribution < 1.29 is 9.21 Å². The van der Waals surface area contributed by atoms with Crippen LogP contribution in [0.5, 0.6) is 0 Å². The first-order valence-corrected chi connectivity index (χ1v) is 7.69. The summed E-state index contributed by atoms with van der Waals surface area (Å²) >= 11 is 0. The summed E-state index contributed by atoms with van der Waals surface area (Å²) in [6, 6.07) is 5.72. The lowest BCUT2D eigenvalue weighted by atomic mass is 10.2. The van der Waals surface area contributed by atoms with Gasteiger partial charge in [-0.1, -0.05) is 6.07 Å². The second-order valence-electron chi connectivity index (χ2n) is 5.83. The van der Waals surface area contributed by atoms with Crippen molar-refractivity contribution in [2.24, 2.45) is 0 Å². The zero-order valence-corrected chi connectivity index (χ0v) is 13.4.